The summed E-state index contributed by atoms with van der Waals surface area (Å²) in [4.78, 5) is 32.2. The van der Waals surface area contributed by atoms with Crippen LogP contribution in [0.4, 0.5) is 5.69 Å². The number of carbonyl (C=O) groups excluding carboxylic acids is 1. The van der Waals surface area contributed by atoms with Crippen molar-refractivity contribution < 1.29 is 9.53 Å². The van der Waals surface area contributed by atoms with Gasteiger partial charge in [0.15, 0.2) is 5.16 Å². The average Bonchev–Trinajstić information content (AvgIpc) is 2.60. The number of rotatable bonds is 5. The summed E-state index contributed by atoms with van der Waals surface area (Å²) in [6.45, 7) is 0. The molecule has 1 amide bonds. The van der Waals surface area contributed by atoms with Crippen molar-refractivity contribution >= 4 is 40.6 Å². The van der Waals surface area contributed by atoms with Gasteiger partial charge in [0.25, 0.3) is 0 Å². The predicted octanol–water partition coefficient (Wildman–Crippen LogP) is 2.48. The lowest BCUT2D eigenvalue weighted by Gasteiger charge is -2.10. The number of carbonyl (C=O) groups is 1. The van der Waals surface area contributed by atoms with Crippen molar-refractivity contribution in [3.8, 4) is 5.75 Å². The topological polar surface area (TPSA) is 85.6 Å². The molecule has 0 spiro atoms. The number of halogens is 1. The minimum atomic E-state index is -0.440. The van der Waals surface area contributed by atoms with Crippen LogP contribution in [-0.2, 0) is 4.79 Å². The van der Waals surface area contributed by atoms with Crippen LogP contribution in [0.1, 0.15) is 0 Å². The Balaban J connectivity index is 1.71. The highest BCUT2D eigenvalue weighted by Crippen LogP contribution is 2.27. The van der Waals surface area contributed by atoms with Crippen LogP contribution in [0.3, 0.4) is 0 Å². The molecule has 128 valence electrons. The van der Waals surface area contributed by atoms with Crippen LogP contribution < -0.4 is 15.7 Å². The second-order valence-corrected chi connectivity index (χ2v) is 6.28. The number of anilines is 1. The van der Waals surface area contributed by atoms with Crippen LogP contribution in [0.5, 0.6) is 5.75 Å². The molecule has 0 unspecified atom stereocenters. The van der Waals surface area contributed by atoms with E-state index >= 15 is 0 Å². The molecule has 9 heteroatoms. The van der Waals surface area contributed by atoms with Crippen molar-refractivity contribution in [1.29, 1.82) is 0 Å². The fourth-order valence-electron chi connectivity index (χ4n) is 2.10. The van der Waals surface area contributed by atoms with Gasteiger partial charge < -0.3 is 10.1 Å². The number of benzene rings is 1. The van der Waals surface area contributed by atoms with Crippen LogP contribution >= 0.6 is 23.4 Å². The first-order chi connectivity index (χ1) is 12.1. The van der Waals surface area contributed by atoms with Crippen molar-refractivity contribution in [2.24, 2.45) is 0 Å². The molecule has 1 N–H and O–H groups in total. The highest BCUT2D eigenvalue weighted by Gasteiger charge is 2.11. The van der Waals surface area contributed by atoms with Gasteiger partial charge >= 0.3 is 5.69 Å². The van der Waals surface area contributed by atoms with E-state index in [0.29, 0.717) is 22.1 Å². The molecular formula is C16H13ClN4O3S. The van der Waals surface area contributed by atoms with Gasteiger partial charge in [-0.05, 0) is 30.3 Å². The third-order valence-electron chi connectivity index (χ3n) is 3.21. The Bertz CT molecular complexity index is 993. The second-order valence-electron chi connectivity index (χ2n) is 4.90. The molecule has 0 saturated carbocycles. The van der Waals surface area contributed by atoms with Gasteiger partial charge in [0.1, 0.15) is 11.4 Å². The lowest BCUT2D eigenvalue weighted by molar-refractivity contribution is -0.113. The molecule has 2 heterocycles. The van der Waals surface area contributed by atoms with Crippen molar-refractivity contribution in [3.05, 3.63) is 58.1 Å². The van der Waals surface area contributed by atoms with Crippen molar-refractivity contribution in [2.75, 3.05) is 18.2 Å². The third kappa shape index (κ3) is 4.09. The van der Waals surface area contributed by atoms with E-state index in [4.69, 9.17) is 16.3 Å². The Morgan fingerprint density at radius 3 is 2.96 bits per heavy atom. The fraction of sp³-hybridized carbons (Fsp3) is 0.125. The zero-order valence-electron chi connectivity index (χ0n) is 13.1. The van der Waals surface area contributed by atoms with Gasteiger partial charge in [-0.25, -0.2) is 9.78 Å². The Morgan fingerprint density at radius 2 is 2.16 bits per heavy atom. The zero-order valence-corrected chi connectivity index (χ0v) is 14.7. The summed E-state index contributed by atoms with van der Waals surface area (Å²) >= 11 is 7.01. The highest BCUT2D eigenvalue weighted by atomic mass is 35.5. The molecule has 0 saturated heterocycles. The Kier molecular flexibility index (Phi) is 5.20. The molecule has 0 aliphatic heterocycles. The van der Waals surface area contributed by atoms with Crippen LogP contribution in [-0.4, -0.2) is 33.1 Å². The largest absolute Gasteiger partial charge is 0.495 e. The molecule has 7 nitrogen and oxygen atoms in total. The number of thioether (sulfide) groups is 1. The number of hydrogen-bond acceptors (Lipinski definition) is 6. The number of nitrogens with zero attached hydrogens (tertiary/aromatic N) is 3. The summed E-state index contributed by atoms with van der Waals surface area (Å²) in [5.74, 6) is 0.253. The van der Waals surface area contributed by atoms with Crippen LogP contribution in [0.2, 0.25) is 5.02 Å². The number of aromatic nitrogens is 3. The first-order valence-corrected chi connectivity index (χ1v) is 8.55. The van der Waals surface area contributed by atoms with Gasteiger partial charge in [-0.2, -0.15) is 4.98 Å². The molecule has 3 rings (SSSR count). The lowest BCUT2D eigenvalue weighted by Crippen LogP contribution is -2.20. The molecule has 0 aliphatic carbocycles. The predicted molar refractivity (Wildman–Crippen MR) is 96.6 cm³/mol. The number of nitrogens with one attached hydrogen (secondary N) is 1. The molecular weight excluding hydrogens is 364 g/mol. The van der Waals surface area contributed by atoms with E-state index in [1.807, 2.05) is 0 Å². The lowest BCUT2D eigenvalue weighted by atomic mass is 10.3. The number of ether oxygens (including phenoxy) is 1. The highest BCUT2D eigenvalue weighted by molar-refractivity contribution is 7.99. The first-order valence-electron chi connectivity index (χ1n) is 7.18. The van der Waals surface area contributed by atoms with Crippen molar-refractivity contribution in [2.45, 2.75) is 5.16 Å². The van der Waals surface area contributed by atoms with Gasteiger partial charge in [-0.3, -0.25) is 9.20 Å². The van der Waals surface area contributed by atoms with E-state index < -0.39 is 5.69 Å². The van der Waals surface area contributed by atoms with Gasteiger partial charge in [0.2, 0.25) is 5.91 Å². The van der Waals surface area contributed by atoms with Crippen molar-refractivity contribution in [1.82, 2.24) is 14.4 Å². The monoisotopic (exact) mass is 376 g/mol. The van der Waals surface area contributed by atoms with Gasteiger partial charge in [0.05, 0.1) is 18.6 Å². The number of hydrogen-bond donors (Lipinski definition) is 1. The quantitative estimate of drug-likeness (QED) is 0.688. The molecule has 1 aromatic carbocycles. The van der Waals surface area contributed by atoms with E-state index in [2.05, 4.69) is 15.3 Å². The molecule has 0 fully saturated rings. The van der Waals surface area contributed by atoms with Gasteiger partial charge in [0, 0.05) is 11.2 Å². The zero-order chi connectivity index (χ0) is 17.8. The van der Waals surface area contributed by atoms with E-state index in [9.17, 15) is 9.59 Å². The maximum Gasteiger partial charge on any atom is 0.355 e. The average molecular weight is 377 g/mol. The van der Waals surface area contributed by atoms with E-state index in [1.54, 1.807) is 42.6 Å². The van der Waals surface area contributed by atoms with E-state index in [-0.39, 0.29) is 16.8 Å². The SMILES string of the molecule is COc1ccc(Cl)cc1NC(=O)CSc1nc(=O)n2ccccc2n1. The Morgan fingerprint density at radius 1 is 1.32 bits per heavy atom. The molecule has 0 atom stereocenters. The minimum absolute atomic E-state index is 0.0398. The number of amides is 1. The smallest absolute Gasteiger partial charge is 0.355 e. The number of pyridine rings is 1. The Labute approximate surface area is 152 Å². The molecule has 0 radical (unpaired) electrons. The van der Waals surface area contributed by atoms with Crippen molar-refractivity contribution in [3.63, 3.8) is 0 Å². The first kappa shape index (κ1) is 17.2. The van der Waals surface area contributed by atoms with Crippen LogP contribution in [0.15, 0.2) is 52.5 Å². The molecule has 2 aromatic heterocycles. The van der Waals surface area contributed by atoms with Crippen LogP contribution in [0.25, 0.3) is 5.65 Å². The van der Waals surface area contributed by atoms with Crippen LogP contribution in [0, 0.1) is 0 Å². The Hall–Kier alpha value is -2.58. The summed E-state index contributed by atoms with van der Waals surface area (Å²) in [5, 5.41) is 3.44. The van der Waals surface area contributed by atoms with Gasteiger partial charge in [-0.1, -0.05) is 29.4 Å². The van der Waals surface area contributed by atoms with E-state index in [1.165, 1.54) is 11.5 Å². The maximum atomic E-state index is 12.1. The summed E-state index contributed by atoms with van der Waals surface area (Å²) in [5.41, 5.74) is 0.507. The minimum Gasteiger partial charge on any atom is -0.495 e. The summed E-state index contributed by atoms with van der Waals surface area (Å²) < 4.78 is 6.51. The number of fused-ring (bicyclic) bond motifs is 1. The fourth-order valence-corrected chi connectivity index (χ4v) is 2.91. The van der Waals surface area contributed by atoms with Gasteiger partial charge in [-0.15, -0.1) is 0 Å². The second kappa shape index (κ2) is 7.54. The summed E-state index contributed by atoms with van der Waals surface area (Å²) in [6, 6.07) is 10.1. The normalized spacial score (nSPS) is 10.6. The molecule has 3 aromatic rings. The maximum absolute atomic E-state index is 12.1. The number of methoxy groups -OCH3 is 1. The third-order valence-corrected chi connectivity index (χ3v) is 4.30. The van der Waals surface area contributed by atoms with E-state index in [0.717, 1.165) is 11.8 Å². The molecule has 0 bridgehead atoms. The standard InChI is InChI=1S/C16H13ClN4O3S/c1-24-12-6-5-10(17)8-11(12)18-14(22)9-25-15-19-13-4-2-3-7-21(13)16(23)20-15/h2-8H,9H2,1H3,(H,18,22). The summed E-state index contributed by atoms with van der Waals surface area (Å²) in [6.07, 6.45) is 1.59. The molecule has 25 heavy (non-hydrogen) atoms. The molecule has 0 aliphatic rings. The summed E-state index contributed by atoms with van der Waals surface area (Å²) in [7, 11) is 1.50.